The Hall–Kier alpha value is -2.44. The van der Waals surface area contributed by atoms with Crippen molar-refractivity contribution in [1.29, 1.82) is 5.26 Å². The van der Waals surface area contributed by atoms with Crippen LogP contribution in [0.25, 0.3) is 0 Å². The Morgan fingerprint density at radius 2 is 2.00 bits per heavy atom. The van der Waals surface area contributed by atoms with Crippen LogP contribution in [0.5, 0.6) is 0 Å². The lowest BCUT2D eigenvalue weighted by atomic mass is 9.99. The van der Waals surface area contributed by atoms with E-state index in [1.165, 1.54) is 19.8 Å². The Morgan fingerprint density at radius 1 is 1.31 bits per heavy atom. The second kappa shape index (κ2) is 7.05. The van der Waals surface area contributed by atoms with Crippen LogP contribution < -0.4 is 5.69 Å². The molecular weight excluding hydrogens is 354 g/mol. The molecule has 138 valence electrons. The number of sulfonamides is 1. The third kappa shape index (κ3) is 3.71. The average molecular weight is 375 g/mol. The molecule has 0 saturated carbocycles. The SMILES string of the molecule is Cn1c(C2CCCN(S(C)(=O)=O)C2)nn(Cc2ccc(C#N)cc2)c1=O. The molecule has 9 heteroatoms. The molecule has 0 spiro atoms. The van der Waals surface area contributed by atoms with E-state index in [1.807, 2.05) is 0 Å². The van der Waals surface area contributed by atoms with E-state index in [0.717, 1.165) is 18.4 Å². The number of hydrogen-bond donors (Lipinski definition) is 0. The molecule has 1 aliphatic rings. The first-order valence-corrected chi connectivity index (χ1v) is 10.2. The Bertz CT molecular complexity index is 998. The largest absolute Gasteiger partial charge is 0.345 e. The minimum atomic E-state index is -3.25. The van der Waals surface area contributed by atoms with Crippen LogP contribution in [0, 0.1) is 11.3 Å². The van der Waals surface area contributed by atoms with Crippen molar-refractivity contribution in [3.63, 3.8) is 0 Å². The molecule has 1 atom stereocenters. The van der Waals surface area contributed by atoms with Crippen LogP contribution in [0.2, 0.25) is 0 Å². The highest BCUT2D eigenvalue weighted by atomic mass is 32.2. The van der Waals surface area contributed by atoms with Gasteiger partial charge in [0, 0.05) is 26.1 Å². The molecule has 1 saturated heterocycles. The number of piperidine rings is 1. The molecule has 1 aromatic carbocycles. The molecule has 26 heavy (non-hydrogen) atoms. The van der Waals surface area contributed by atoms with Gasteiger partial charge in [0.2, 0.25) is 10.0 Å². The van der Waals surface area contributed by atoms with Gasteiger partial charge in [-0.1, -0.05) is 12.1 Å². The van der Waals surface area contributed by atoms with E-state index >= 15 is 0 Å². The second-order valence-corrected chi connectivity index (χ2v) is 8.61. The minimum Gasteiger partial charge on any atom is -0.282 e. The van der Waals surface area contributed by atoms with E-state index in [-0.39, 0.29) is 11.6 Å². The molecule has 0 bridgehead atoms. The van der Waals surface area contributed by atoms with Gasteiger partial charge in [-0.15, -0.1) is 0 Å². The van der Waals surface area contributed by atoms with E-state index in [1.54, 1.807) is 31.3 Å². The maximum absolute atomic E-state index is 12.5. The van der Waals surface area contributed by atoms with Crippen LogP contribution in [-0.4, -0.2) is 46.4 Å². The lowest BCUT2D eigenvalue weighted by molar-refractivity contribution is 0.307. The summed E-state index contributed by atoms with van der Waals surface area (Å²) in [6.45, 7) is 1.16. The summed E-state index contributed by atoms with van der Waals surface area (Å²) in [5.41, 5.74) is 1.20. The van der Waals surface area contributed by atoms with E-state index in [9.17, 15) is 13.2 Å². The van der Waals surface area contributed by atoms with Crippen molar-refractivity contribution in [3.8, 4) is 6.07 Å². The first kappa shape index (κ1) is 18.4. The van der Waals surface area contributed by atoms with Gasteiger partial charge in [-0.2, -0.15) is 10.4 Å². The van der Waals surface area contributed by atoms with Gasteiger partial charge < -0.3 is 0 Å². The summed E-state index contributed by atoms with van der Waals surface area (Å²) in [7, 11) is -1.59. The highest BCUT2D eigenvalue weighted by molar-refractivity contribution is 7.88. The zero-order valence-electron chi connectivity index (χ0n) is 14.8. The average Bonchev–Trinajstić information content (AvgIpc) is 2.90. The van der Waals surface area contributed by atoms with Crippen LogP contribution in [0.3, 0.4) is 0 Å². The van der Waals surface area contributed by atoms with Gasteiger partial charge >= 0.3 is 5.69 Å². The number of nitriles is 1. The summed E-state index contributed by atoms with van der Waals surface area (Å²) in [4.78, 5) is 12.5. The van der Waals surface area contributed by atoms with Crippen molar-refractivity contribution in [2.24, 2.45) is 7.05 Å². The van der Waals surface area contributed by atoms with Crippen molar-refractivity contribution in [3.05, 3.63) is 51.7 Å². The van der Waals surface area contributed by atoms with Crippen LogP contribution >= 0.6 is 0 Å². The van der Waals surface area contributed by atoms with Crippen LogP contribution in [-0.2, 0) is 23.6 Å². The number of nitrogens with zero attached hydrogens (tertiary/aromatic N) is 5. The maximum atomic E-state index is 12.5. The fourth-order valence-electron chi connectivity index (χ4n) is 3.28. The van der Waals surface area contributed by atoms with Gasteiger partial charge in [0.25, 0.3) is 0 Å². The molecule has 3 rings (SSSR count). The Labute approximate surface area is 152 Å². The maximum Gasteiger partial charge on any atom is 0.345 e. The molecule has 0 radical (unpaired) electrons. The smallest absolute Gasteiger partial charge is 0.282 e. The lowest BCUT2D eigenvalue weighted by Gasteiger charge is -2.30. The van der Waals surface area contributed by atoms with Crippen molar-refractivity contribution < 1.29 is 8.42 Å². The van der Waals surface area contributed by atoms with E-state index < -0.39 is 10.0 Å². The number of rotatable bonds is 4. The molecule has 1 aromatic heterocycles. The molecule has 1 unspecified atom stereocenters. The number of benzene rings is 1. The van der Waals surface area contributed by atoms with Gasteiger partial charge in [-0.3, -0.25) is 4.57 Å². The Morgan fingerprint density at radius 3 is 2.62 bits per heavy atom. The fourth-order valence-corrected chi connectivity index (χ4v) is 4.19. The molecular formula is C17H21N5O3S. The highest BCUT2D eigenvalue weighted by Gasteiger charge is 2.30. The van der Waals surface area contributed by atoms with Gasteiger partial charge in [0.05, 0.1) is 24.4 Å². The van der Waals surface area contributed by atoms with Gasteiger partial charge in [-0.05, 0) is 30.5 Å². The van der Waals surface area contributed by atoms with E-state index in [2.05, 4.69) is 11.2 Å². The van der Waals surface area contributed by atoms with Crippen molar-refractivity contribution in [2.75, 3.05) is 19.3 Å². The van der Waals surface area contributed by atoms with Crippen LogP contribution in [0.4, 0.5) is 0 Å². The third-order valence-corrected chi connectivity index (χ3v) is 5.98. The molecule has 0 aliphatic carbocycles. The number of hydrogen-bond acceptors (Lipinski definition) is 5. The Balaban J connectivity index is 1.85. The first-order chi connectivity index (χ1) is 12.3. The molecule has 1 aliphatic heterocycles. The lowest BCUT2D eigenvalue weighted by Crippen LogP contribution is -2.39. The molecule has 1 fully saturated rings. The third-order valence-electron chi connectivity index (χ3n) is 4.71. The Kier molecular flexibility index (Phi) is 4.98. The summed E-state index contributed by atoms with van der Waals surface area (Å²) in [6, 6.07) is 9.06. The van der Waals surface area contributed by atoms with Crippen LogP contribution in [0.1, 0.15) is 35.7 Å². The first-order valence-electron chi connectivity index (χ1n) is 8.37. The minimum absolute atomic E-state index is 0.0987. The van der Waals surface area contributed by atoms with Gasteiger partial charge in [-0.25, -0.2) is 22.2 Å². The monoisotopic (exact) mass is 375 g/mol. The summed E-state index contributed by atoms with van der Waals surface area (Å²) in [6.07, 6.45) is 2.75. The molecule has 2 aromatic rings. The fraction of sp³-hybridized carbons (Fsp3) is 0.471. The predicted molar refractivity (Wildman–Crippen MR) is 96.1 cm³/mol. The quantitative estimate of drug-likeness (QED) is 0.781. The topological polar surface area (TPSA) is 101 Å². The molecule has 2 heterocycles. The summed E-state index contributed by atoms with van der Waals surface area (Å²) in [5, 5.41) is 13.3. The van der Waals surface area contributed by atoms with Crippen LogP contribution in [0.15, 0.2) is 29.1 Å². The van der Waals surface area contributed by atoms with Gasteiger partial charge in [0.1, 0.15) is 5.82 Å². The predicted octanol–water partition coefficient (Wildman–Crippen LogP) is 0.641. The van der Waals surface area contributed by atoms with Crippen molar-refractivity contribution >= 4 is 10.0 Å². The number of aromatic nitrogens is 3. The zero-order chi connectivity index (χ0) is 18.9. The second-order valence-electron chi connectivity index (χ2n) is 6.63. The van der Waals surface area contributed by atoms with E-state index in [0.29, 0.717) is 31.0 Å². The molecule has 0 amide bonds. The van der Waals surface area contributed by atoms with Crippen molar-refractivity contribution in [1.82, 2.24) is 18.7 Å². The summed E-state index contributed by atoms with van der Waals surface area (Å²) < 4.78 is 28.0. The normalized spacial score (nSPS) is 18.6. The summed E-state index contributed by atoms with van der Waals surface area (Å²) in [5.74, 6) is 0.510. The molecule has 0 N–H and O–H groups in total. The highest BCUT2D eigenvalue weighted by Crippen LogP contribution is 2.26. The van der Waals surface area contributed by atoms with Crippen molar-refractivity contribution in [2.45, 2.75) is 25.3 Å². The summed E-state index contributed by atoms with van der Waals surface area (Å²) >= 11 is 0. The van der Waals surface area contributed by atoms with E-state index in [4.69, 9.17) is 5.26 Å². The zero-order valence-corrected chi connectivity index (χ0v) is 15.6. The molecule has 8 nitrogen and oxygen atoms in total. The van der Waals surface area contributed by atoms with Gasteiger partial charge in [0.15, 0.2) is 0 Å². The standard InChI is InChI=1S/C17H21N5O3S/c1-20-16(15-4-3-9-21(12-15)26(2,24)25)19-22(17(20)23)11-14-7-5-13(10-18)6-8-14/h5-8,15H,3-4,9,11-12H2,1-2H3.